The molecular formula is C16H15BrFN. The third-order valence-electron chi connectivity index (χ3n) is 3.67. The van der Waals surface area contributed by atoms with Gasteiger partial charge in [0.1, 0.15) is 5.82 Å². The van der Waals surface area contributed by atoms with Crippen LogP contribution in [0.1, 0.15) is 29.2 Å². The highest BCUT2D eigenvalue weighted by Gasteiger charge is 2.20. The van der Waals surface area contributed by atoms with Crippen molar-refractivity contribution in [1.29, 1.82) is 0 Å². The molecule has 1 nitrogen and oxygen atoms in total. The van der Waals surface area contributed by atoms with Gasteiger partial charge in [-0.25, -0.2) is 4.39 Å². The predicted molar refractivity (Wildman–Crippen MR) is 78.4 cm³/mol. The van der Waals surface area contributed by atoms with Crippen LogP contribution in [0.2, 0.25) is 0 Å². The average Bonchev–Trinajstić information content (AvgIpc) is 2.83. The van der Waals surface area contributed by atoms with Crippen molar-refractivity contribution in [3.05, 3.63) is 69.4 Å². The Bertz CT molecular complexity index is 597. The van der Waals surface area contributed by atoms with Crippen LogP contribution in [-0.4, -0.2) is 0 Å². The molecule has 1 N–H and O–H groups in total. The Balaban J connectivity index is 1.69. The summed E-state index contributed by atoms with van der Waals surface area (Å²) in [6.07, 6.45) is 2.28. The highest BCUT2D eigenvalue weighted by Crippen LogP contribution is 2.31. The van der Waals surface area contributed by atoms with E-state index < -0.39 is 0 Å². The minimum atomic E-state index is -0.213. The third-order valence-corrected chi connectivity index (χ3v) is 4.28. The lowest BCUT2D eigenvalue weighted by atomic mass is 10.1. The van der Waals surface area contributed by atoms with E-state index in [4.69, 9.17) is 0 Å². The summed E-state index contributed by atoms with van der Waals surface area (Å²) in [7, 11) is 0. The van der Waals surface area contributed by atoms with E-state index in [9.17, 15) is 4.39 Å². The molecule has 1 atom stereocenters. The Morgan fingerprint density at radius 2 is 2.05 bits per heavy atom. The molecule has 0 aliphatic heterocycles. The molecule has 1 aliphatic rings. The number of hydrogen-bond donors (Lipinski definition) is 1. The van der Waals surface area contributed by atoms with Crippen molar-refractivity contribution in [2.24, 2.45) is 0 Å². The van der Waals surface area contributed by atoms with Crippen LogP contribution in [0.3, 0.4) is 0 Å². The molecule has 1 unspecified atom stereocenters. The van der Waals surface area contributed by atoms with Gasteiger partial charge in [0.15, 0.2) is 0 Å². The first kappa shape index (κ1) is 12.8. The Morgan fingerprint density at radius 1 is 1.21 bits per heavy atom. The van der Waals surface area contributed by atoms with Crippen molar-refractivity contribution in [2.75, 3.05) is 0 Å². The van der Waals surface area contributed by atoms with Gasteiger partial charge in [-0.1, -0.05) is 30.3 Å². The summed E-state index contributed by atoms with van der Waals surface area (Å²) in [5.74, 6) is -0.213. The molecule has 0 saturated carbocycles. The first-order valence-corrected chi connectivity index (χ1v) is 7.28. The van der Waals surface area contributed by atoms with Crippen LogP contribution in [-0.2, 0) is 13.0 Å². The fourth-order valence-corrected chi connectivity index (χ4v) is 3.09. The summed E-state index contributed by atoms with van der Waals surface area (Å²) in [6, 6.07) is 14.2. The van der Waals surface area contributed by atoms with Crippen LogP contribution >= 0.6 is 15.9 Å². The zero-order valence-corrected chi connectivity index (χ0v) is 12.1. The van der Waals surface area contributed by atoms with Gasteiger partial charge in [0.25, 0.3) is 0 Å². The molecule has 0 aromatic heterocycles. The van der Waals surface area contributed by atoms with E-state index in [0.717, 1.165) is 24.9 Å². The van der Waals surface area contributed by atoms with Crippen LogP contribution in [0.4, 0.5) is 4.39 Å². The molecule has 19 heavy (non-hydrogen) atoms. The van der Waals surface area contributed by atoms with Crippen molar-refractivity contribution in [2.45, 2.75) is 25.4 Å². The maximum absolute atomic E-state index is 13.2. The maximum Gasteiger partial charge on any atom is 0.137 e. The number of fused-ring (bicyclic) bond motifs is 1. The second kappa shape index (κ2) is 5.43. The average molecular weight is 320 g/mol. The summed E-state index contributed by atoms with van der Waals surface area (Å²) in [6.45, 7) is 0.762. The fourth-order valence-electron chi connectivity index (χ4n) is 2.66. The lowest BCUT2D eigenvalue weighted by Gasteiger charge is -2.14. The Morgan fingerprint density at radius 3 is 2.89 bits per heavy atom. The van der Waals surface area contributed by atoms with Gasteiger partial charge in [-0.15, -0.1) is 0 Å². The predicted octanol–water partition coefficient (Wildman–Crippen LogP) is 4.37. The molecule has 2 aromatic carbocycles. The van der Waals surface area contributed by atoms with Crippen LogP contribution in [0, 0.1) is 5.82 Å². The molecule has 3 rings (SSSR count). The highest BCUT2D eigenvalue weighted by molar-refractivity contribution is 9.10. The molecule has 0 heterocycles. The van der Waals surface area contributed by atoms with E-state index in [1.54, 1.807) is 0 Å². The zero-order chi connectivity index (χ0) is 13.2. The molecule has 0 saturated heterocycles. The molecular weight excluding hydrogens is 305 g/mol. The molecule has 0 amide bonds. The highest BCUT2D eigenvalue weighted by atomic mass is 79.9. The quantitative estimate of drug-likeness (QED) is 0.886. The summed E-state index contributed by atoms with van der Waals surface area (Å²) < 4.78 is 13.7. The van der Waals surface area contributed by atoms with Crippen molar-refractivity contribution in [3.8, 4) is 0 Å². The van der Waals surface area contributed by atoms with Gasteiger partial charge in [0.05, 0.1) is 4.47 Å². The van der Waals surface area contributed by atoms with Crippen LogP contribution in [0.15, 0.2) is 46.9 Å². The number of aryl methyl sites for hydroxylation is 1. The topological polar surface area (TPSA) is 12.0 Å². The van der Waals surface area contributed by atoms with E-state index >= 15 is 0 Å². The first-order valence-electron chi connectivity index (χ1n) is 6.49. The largest absolute Gasteiger partial charge is 0.306 e. The Kier molecular flexibility index (Phi) is 3.67. The molecule has 0 spiro atoms. The molecule has 2 aromatic rings. The van der Waals surface area contributed by atoms with Gasteiger partial charge in [-0.2, -0.15) is 0 Å². The van der Waals surface area contributed by atoms with Crippen molar-refractivity contribution in [3.63, 3.8) is 0 Å². The maximum atomic E-state index is 13.2. The molecule has 3 heteroatoms. The van der Waals surface area contributed by atoms with Crippen LogP contribution in [0.5, 0.6) is 0 Å². The Labute approximate surface area is 121 Å². The summed E-state index contributed by atoms with van der Waals surface area (Å²) in [5, 5.41) is 3.56. The van der Waals surface area contributed by atoms with E-state index in [0.29, 0.717) is 10.5 Å². The molecule has 1 aliphatic carbocycles. The number of nitrogens with one attached hydrogen (secondary N) is 1. The smallest absolute Gasteiger partial charge is 0.137 e. The third kappa shape index (κ3) is 2.72. The number of rotatable bonds is 3. The van der Waals surface area contributed by atoms with E-state index in [1.807, 2.05) is 12.1 Å². The number of benzene rings is 2. The lowest BCUT2D eigenvalue weighted by molar-refractivity contribution is 0.529. The van der Waals surface area contributed by atoms with Gasteiger partial charge in [0.2, 0.25) is 0 Å². The SMILES string of the molecule is Fc1ccc(CNC2CCc3ccccc32)cc1Br. The zero-order valence-electron chi connectivity index (χ0n) is 10.5. The minimum Gasteiger partial charge on any atom is -0.306 e. The second-order valence-electron chi connectivity index (χ2n) is 4.92. The number of halogens is 2. The van der Waals surface area contributed by atoms with Crippen LogP contribution in [0.25, 0.3) is 0 Å². The van der Waals surface area contributed by atoms with E-state index in [2.05, 4.69) is 45.5 Å². The Hall–Kier alpha value is -1.19. The summed E-state index contributed by atoms with van der Waals surface area (Å²) >= 11 is 3.22. The first-order chi connectivity index (χ1) is 9.24. The molecule has 0 fully saturated rings. The molecule has 0 bridgehead atoms. The van der Waals surface area contributed by atoms with Crippen molar-refractivity contribution < 1.29 is 4.39 Å². The standard InChI is InChI=1S/C16H15BrFN/c17-14-9-11(5-7-15(14)18)10-19-16-8-6-12-3-1-2-4-13(12)16/h1-5,7,9,16,19H,6,8,10H2. The number of hydrogen-bond acceptors (Lipinski definition) is 1. The molecule has 0 radical (unpaired) electrons. The van der Waals surface area contributed by atoms with Gasteiger partial charge >= 0.3 is 0 Å². The summed E-state index contributed by atoms with van der Waals surface area (Å²) in [5.41, 5.74) is 3.95. The lowest BCUT2D eigenvalue weighted by Crippen LogP contribution is -2.18. The van der Waals surface area contributed by atoms with Crippen molar-refractivity contribution >= 4 is 15.9 Å². The second-order valence-corrected chi connectivity index (χ2v) is 5.77. The minimum absolute atomic E-state index is 0.213. The van der Waals surface area contributed by atoms with Gasteiger partial charge in [-0.3, -0.25) is 0 Å². The normalized spacial score (nSPS) is 17.5. The van der Waals surface area contributed by atoms with Gasteiger partial charge in [0, 0.05) is 12.6 Å². The molecule has 98 valence electrons. The van der Waals surface area contributed by atoms with Crippen LogP contribution < -0.4 is 5.32 Å². The van der Waals surface area contributed by atoms with Gasteiger partial charge < -0.3 is 5.32 Å². The van der Waals surface area contributed by atoms with Gasteiger partial charge in [-0.05, 0) is 57.6 Å². The fraction of sp³-hybridized carbons (Fsp3) is 0.250. The monoisotopic (exact) mass is 319 g/mol. The van der Waals surface area contributed by atoms with Crippen molar-refractivity contribution in [1.82, 2.24) is 5.32 Å². The van der Waals surface area contributed by atoms with E-state index in [-0.39, 0.29) is 5.82 Å². The summed E-state index contributed by atoms with van der Waals surface area (Å²) in [4.78, 5) is 0. The van der Waals surface area contributed by atoms with E-state index in [1.165, 1.54) is 17.2 Å².